The number of rotatable bonds is 3. The van der Waals surface area contributed by atoms with Crippen LogP contribution in [0.25, 0.3) is 0 Å². The predicted molar refractivity (Wildman–Crippen MR) is 104 cm³/mol. The van der Waals surface area contributed by atoms with Gasteiger partial charge in [-0.15, -0.1) is 0 Å². The SMILES string of the molecule is Cc1ccc(N(C(=O)c2cnc3n(c2=O)CCS3)C2CCCCC2)cc1. The monoisotopic (exact) mass is 369 g/mol. The van der Waals surface area contributed by atoms with Crippen molar-refractivity contribution in [3.63, 3.8) is 0 Å². The fourth-order valence-corrected chi connectivity index (χ4v) is 4.75. The first-order chi connectivity index (χ1) is 12.6. The molecule has 1 saturated carbocycles. The lowest BCUT2D eigenvalue weighted by atomic mass is 9.93. The highest BCUT2D eigenvalue weighted by atomic mass is 32.2. The number of carbonyl (C=O) groups is 1. The van der Waals surface area contributed by atoms with E-state index in [9.17, 15) is 9.59 Å². The van der Waals surface area contributed by atoms with Crippen molar-refractivity contribution in [3.05, 3.63) is 51.9 Å². The van der Waals surface area contributed by atoms with Gasteiger partial charge in [-0.1, -0.05) is 48.7 Å². The third-order valence-electron chi connectivity index (χ3n) is 5.26. The van der Waals surface area contributed by atoms with Crippen molar-refractivity contribution in [2.24, 2.45) is 0 Å². The van der Waals surface area contributed by atoms with E-state index >= 15 is 0 Å². The van der Waals surface area contributed by atoms with Crippen molar-refractivity contribution in [3.8, 4) is 0 Å². The molecule has 0 radical (unpaired) electrons. The first-order valence-electron chi connectivity index (χ1n) is 9.28. The van der Waals surface area contributed by atoms with Gasteiger partial charge in [-0.2, -0.15) is 0 Å². The molecule has 5 nitrogen and oxygen atoms in total. The van der Waals surface area contributed by atoms with Gasteiger partial charge < -0.3 is 4.90 Å². The zero-order chi connectivity index (χ0) is 18.1. The highest BCUT2D eigenvalue weighted by Gasteiger charge is 2.30. The Morgan fingerprint density at radius 3 is 2.65 bits per heavy atom. The summed E-state index contributed by atoms with van der Waals surface area (Å²) in [6.07, 6.45) is 6.90. The van der Waals surface area contributed by atoms with Crippen LogP contribution in [0.4, 0.5) is 5.69 Å². The average Bonchev–Trinajstić information content (AvgIpc) is 3.14. The van der Waals surface area contributed by atoms with E-state index in [1.54, 1.807) is 16.3 Å². The van der Waals surface area contributed by atoms with Gasteiger partial charge in [0.05, 0.1) is 0 Å². The Balaban J connectivity index is 1.75. The molecule has 1 aromatic carbocycles. The van der Waals surface area contributed by atoms with E-state index in [0.717, 1.165) is 42.7 Å². The van der Waals surface area contributed by atoms with Gasteiger partial charge in [0, 0.05) is 30.2 Å². The number of aromatic nitrogens is 2. The predicted octanol–water partition coefficient (Wildman–Crippen LogP) is 3.64. The molecule has 4 rings (SSSR count). The van der Waals surface area contributed by atoms with E-state index in [2.05, 4.69) is 4.98 Å². The minimum Gasteiger partial charge on any atom is -0.305 e. The summed E-state index contributed by atoms with van der Waals surface area (Å²) in [5, 5.41) is 0.714. The molecule has 0 saturated heterocycles. The van der Waals surface area contributed by atoms with Crippen molar-refractivity contribution in [2.45, 2.75) is 56.8 Å². The third-order valence-corrected chi connectivity index (χ3v) is 6.23. The van der Waals surface area contributed by atoms with Gasteiger partial charge in [-0.25, -0.2) is 4.98 Å². The number of nitrogens with zero attached hydrogens (tertiary/aromatic N) is 3. The van der Waals surface area contributed by atoms with Crippen LogP contribution in [-0.4, -0.2) is 27.3 Å². The fourth-order valence-electron chi connectivity index (χ4n) is 3.83. The molecule has 0 spiro atoms. The molecule has 2 heterocycles. The number of benzene rings is 1. The maximum absolute atomic E-state index is 13.4. The maximum atomic E-state index is 13.4. The van der Waals surface area contributed by atoms with E-state index in [1.165, 1.54) is 12.6 Å². The van der Waals surface area contributed by atoms with Crippen LogP contribution in [0.2, 0.25) is 0 Å². The quantitative estimate of drug-likeness (QED) is 0.775. The number of carbonyl (C=O) groups excluding carboxylic acids is 1. The minimum atomic E-state index is -0.217. The molecule has 6 heteroatoms. The van der Waals surface area contributed by atoms with Gasteiger partial charge in [0.2, 0.25) is 0 Å². The van der Waals surface area contributed by atoms with E-state index in [4.69, 9.17) is 0 Å². The number of fused-ring (bicyclic) bond motifs is 1. The molecule has 2 aliphatic rings. The second-order valence-corrected chi connectivity index (χ2v) is 8.12. The largest absolute Gasteiger partial charge is 0.305 e. The zero-order valence-electron chi connectivity index (χ0n) is 15.0. The molecule has 0 atom stereocenters. The Labute approximate surface area is 157 Å². The van der Waals surface area contributed by atoms with Gasteiger partial charge in [0.1, 0.15) is 5.56 Å². The number of hydrogen-bond acceptors (Lipinski definition) is 4. The fraction of sp³-hybridized carbons (Fsp3) is 0.450. The van der Waals surface area contributed by atoms with Crippen molar-refractivity contribution in [1.29, 1.82) is 0 Å². The van der Waals surface area contributed by atoms with E-state index in [-0.39, 0.29) is 23.1 Å². The Hall–Kier alpha value is -2.08. The van der Waals surface area contributed by atoms with Crippen LogP contribution in [0.5, 0.6) is 0 Å². The Morgan fingerprint density at radius 2 is 1.92 bits per heavy atom. The van der Waals surface area contributed by atoms with Crippen LogP contribution in [0.3, 0.4) is 0 Å². The molecule has 1 fully saturated rings. The van der Waals surface area contributed by atoms with Gasteiger partial charge in [0.15, 0.2) is 5.16 Å². The first kappa shape index (κ1) is 17.3. The van der Waals surface area contributed by atoms with E-state index in [0.29, 0.717) is 11.7 Å². The molecule has 2 aromatic rings. The second kappa shape index (κ2) is 7.27. The highest BCUT2D eigenvalue weighted by molar-refractivity contribution is 7.99. The van der Waals surface area contributed by atoms with Crippen molar-refractivity contribution in [2.75, 3.05) is 10.7 Å². The van der Waals surface area contributed by atoms with E-state index < -0.39 is 0 Å². The number of thioether (sulfide) groups is 1. The van der Waals surface area contributed by atoms with Crippen molar-refractivity contribution < 1.29 is 4.79 Å². The molecule has 26 heavy (non-hydrogen) atoms. The number of hydrogen-bond donors (Lipinski definition) is 0. The number of aryl methyl sites for hydroxylation is 1. The minimum absolute atomic E-state index is 0.144. The Kier molecular flexibility index (Phi) is 4.85. The van der Waals surface area contributed by atoms with Gasteiger partial charge in [0.25, 0.3) is 11.5 Å². The second-order valence-electron chi connectivity index (χ2n) is 7.06. The summed E-state index contributed by atoms with van der Waals surface area (Å²) in [5.74, 6) is 0.620. The summed E-state index contributed by atoms with van der Waals surface area (Å²) in [5.41, 5.74) is 1.99. The lowest BCUT2D eigenvalue weighted by Gasteiger charge is -2.34. The van der Waals surface area contributed by atoms with Crippen LogP contribution in [0, 0.1) is 6.92 Å². The molecule has 0 N–H and O–H groups in total. The van der Waals surface area contributed by atoms with Crippen molar-refractivity contribution in [1.82, 2.24) is 9.55 Å². The molecular weight excluding hydrogens is 346 g/mol. The van der Waals surface area contributed by atoms with Gasteiger partial charge in [-0.05, 0) is 31.9 Å². The molecule has 1 amide bonds. The summed E-state index contributed by atoms with van der Waals surface area (Å²) < 4.78 is 1.63. The molecule has 0 unspecified atom stereocenters. The zero-order valence-corrected chi connectivity index (χ0v) is 15.8. The lowest BCUT2D eigenvalue weighted by Crippen LogP contribution is -2.44. The molecular formula is C20H23N3O2S. The van der Waals surface area contributed by atoms with Crippen LogP contribution in [0.1, 0.15) is 48.0 Å². The van der Waals surface area contributed by atoms with Crippen LogP contribution in [-0.2, 0) is 6.54 Å². The summed E-state index contributed by atoms with van der Waals surface area (Å²) >= 11 is 1.56. The standard InChI is InChI=1S/C20H23N3O2S/c1-14-7-9-16(10-8-14)23(15-5-3-2-4-6-15)19(25)17-13-21-20-22(18(17)24)11-12-26-20/h7-10,13,15H,2-6,11-12H2,1H3. The summed E-state index contributed by atoms with van der Waals surface area (Å²) in [7, 11) is 0. The summed E-state index contributed by atoms with van der Waals surface area (Å²) in [6.45, 7) is 2.66. The third kappa shape index (κ3) is 3.18. The highest BCUT2D eigenvalue weighted by Crippen LogP contribution is 2.29. The van der Waals surface area contributed by atoms with Crippen LogP contribution < -0.4 is 10.5 Å². The average molecular weight is 369 g/mol. The number of amides is 1. The van der Waals surface area contributed by atoms with Crippen LogP contribution in [0.15, 0.2) is 40.4 Å². The van der Waals surface area contributed by atoms with E-state index in [1.807, 2.05) is 36.1 Å². The molecule has 1 aliphatic heterocycles. The lowest BCUT2D eigenvalue weighted by molar-refractivity contribution is 0.0967. The van der Waals surface area contributed by atoms with Crippen LogP contribution >= 0.6 is 11.8 Å². The normalized spacial score (nSPS) is 17.1. The molecule has 1 aromatic heterocycles. The van der Waals surface area contributed by atoms with Gasteiger partial charge >= 0.3 is 0 Å². The maximum Gasteiger partial charge on any atom is 0.267 e. The smallest absolute Gasteiger partial charge is 0.267 e. The summed E-state index contributed by atoms with van der Waals surface area (Å²) in [6, 6.07) is 8.14. The first-order valence-corrected chi connectivity index (χ1v) is 10.3. The molecule has 0 bridgehead atoms. The summed E-state index contributed by atoms with van der Waals surface area (Å²) in [4.78, 5) is 32.4. The molecule has 136 valence electrons. The van der Waals surface area contributed by atoms with Gasteiger partial charge in [-0.3, -0.25) is 14.2 Å². The Morgan fingerprint density at radius 1 is 1.19 bits per heavy atom. The number of anilines is 1. The molecule has 1 aliphatic carbocycles. The topological polar surface area (TPSA) is 55.2 Å². The van der Waals surface area contributed by atoms with Crippen molar-refractivity contribution >= 4 is 23.4 Å². The Bertz CT molecular complexity index is 870.